The molecule has 1 aliphatic carbocycles. The van der Waals surface area contributed by atoms with Gasteiger partial charge >= 0.3 is 0 Å². The van der Waals surface area contributed by atoms with Crippen LogP contribution in [0.3, 0.4) is 0 Å². The molecule has 0 aromatic heterocycles. The molecule has 3 rings (SSSR count). The van der Waals surface area contributed by atoms with Gasteiger partial charge in [-0.15, -0.1) is 0 Å². The number of sulfonamides is 1. The lowest BCUT2D eigenvalue weighted by atomic mass is 9.86. The number of anilines is 1. The van der Waals surface area contributed by atoms with Crippen molar-refractivity contribution in [3.8, 4) is 5.75 Å². The molecule has 0 saturated heterocycles. The molecule has 1 atom stereocenters. The van der Waals surface area contributed by atoms with Crippen LogP contribution in [0.2, 0.25) is 10.0 Å². The molecular weight excluding hydrogens is 407 g/mol. The van der Waals surface area contributed by atoms with E-state index in [1.54, 1.807) is 31.4 Å². The van der Waals surface area contributed by atoms with Gasteiger partial charge in [-0.2, -0.15) is 0 Å². The van der Waals surface area contributed by atoms with Gasteiger partial charge in [0.05, 0.1) is 22.8 Å². The number of methoxy groups -OCH3 is 1. The average molecular weight is 429 g/mol. The zero-order chi connectivity index (χ0) is 19.8. The van der Waals surface area contributed by atoms with Gasteiger partial charge in [0.2, 0.25) is 0 Å². The summed E-state index contributed by atoms with van der Waals surface area (Å²) < 4.78 is 34.0. The Hall–Kier alpha value is -1.47. The highest BCUT2D eigenvalue weighted by atomic mass is 35.5. The van der Waals surface area contributed by atoms with Gasteiger partial charge < -0.3 is 9.64 Å². The molecule has 0 saturated carbocycles. The Bertz CT molecular complexity index is 962. The molecule has 0 aliphatic heterocycles. The molecule has 0 fully saturated rings. The molecule has 0 heterocycles. The second kappa shape index (κ2) is 7.87. The maximum absolute atomic E-state index is 12.9. The van der Waals surface area contributed by atoms with Gasteiger partial charge in [-0.25, -0.2) is 8.42 Å². The molecule has 2 aromatic carbocycles. The van der Waals surface area contributed by atoms with Crippen LogP contribution in [0, 0.1) is 0 Å². The molecule has 146 valence electrons. The number of likely N-dealkylation sites (N-methyl/N-ethyl adjacent to an activating group) is 1. The van der Waals surface area contributed by atoms with Crippen LogP contribution in [0.4, 0.5) is 5.69 Å². The van der Waals surface area contributed by atoms with Gasteiger partial charge in [0.25, 0.3) is 10.0 Å². The summed E-state index contributed by atoms with van der Waals surface area (Å²) in [4.78, 5) is 2.15. The van der Waals surface area contributed by atoms with E-state index in [4.69, 9.17) is 27.9 Å². The SMILES string of the molecule is COc1ccc(NS(=O)(=O)c2cccc(Cl)c2Cl)c2c1C[C@@H](N(C)C)CC2. The highest BCUT2D eigenvalue weighted by molar-refractivity contribution is 7.92. The average Bonchev–Trinajstić information content (AvgIpc) is 2.63. The number of nitrogens with zero attached hydrogens (tertiary/aromatic N) is 1. The maximum Gasteiger partial charge on any atom is 0.263 e. The molecule has 0 radical (unpaired) electrons. The van der Waals surface area contributed by atoms with Gasteiger partial charge in [-0.3, -0.25) is 4.72 Å². The minimum Gasteiger partial charge on any atom is -0.496 e. The minimum atomic E-state index is -3.87. The van der Waals surface area contributed by atoms with Crippen molar-refractivity contribution in [2.75, 3.05) is 25.9 Å². The summed E-state index contributed by atoms with van der Waals surface area (Å²) in [6, 6.07) is 8.49. The van der Waals surface area contributed by atoms with Gasteiger partial charge in [0.15, 0.2) is 0 Å². The van der Waals surface area contributed by atoms with Crippen molar-refractivity contribution in [2.24, 2.45) is 0 Å². The molecule has 0 bridgehead atoms. The quantitative estimate of drug-likeness (QED) is 0.773. The summed E-state index contributed by atoms with van der Waals surface area (Å²) in [5.74, 6) is 0.778. The molecule has 0 unspecified atom stereocenters. The first-order chi connectivity index (χ1) is 12.7. The lowest BCUT2D eigenvalue weighted by Gasteiger charge is -2.32. The van der Waals surface area contributed by atoms with Crippen LogP contribution < -0.4 is 9.46 Å². The molecule has 5 nitrogen and oxygen atoms in total. The predicted molar refractivity (Wildman–Crippen MR) is 110 cm³/mol. The monoisotopic (exact) mass is 428 g/mol. The molecule has 0 amide bonds. The van der Waals surface area contributed by atoms with E-state index in [2.05, 4.69) is 23.7 Å². The summed E-state index contributed by atoms with van der Waals surface area (Å²) in [7, 11) is 1.87. The number of benzene rings is 2. The Morgan fingerprint density at radius 2 is 1.89 bits per heavy atom. The van der Waals surface area contributed by atoms with Gasteiger partial charge in [0, 0.05) is 11.6 Å². The molecule has 0 spiro atoms. The van der Waals surface area contributed by atoms with E-state index >= 15 is 0 Å². The van der Waals surface area contributed by atoms with E-state index < -0.39 is 10.0 Å². The van der Waals surface area contributed by atoms with Crippen molar-refractivity contribution in [3.63, 3.8) is 0 Å². The Morgan fingerprint density at radius 3 is 2.56 bits per heavy atom. The smallest absolute Gasteiger partial charge is 0.263 e. The normalized spacial score (nSPS) is 16.9. The largest absolute Gasteiger partial charge is 0.496 e. The number of rotatable bonds is 5. The molecule has 1 aliphatic rings. The number of ether oxygens (including phenoxy) is 1. The second-order valence-corrected chi connectivity index (χ2v) is 9.23. The van der Waals surface area contributed by atoms with Crippen molar-refractivity contribution >= 4 is 38.9 Å². The molecule has 27 heavy (non-hydrogen) atoms. The van der Waals surface area contributed by atoms with Crippen LogP contribution in [-0.4, -0.2) is 40.6 Å². The Kier molecular flexibility index (Phi) is 5.91. The Balaban J connectivity index is 2.01. The predicted octanol–water partition coefficient (Wildman–Crippen LogP) is 4.22. The summed E-state index contributed by atoms with van der Waals surface area (Å²) in [5, 5.41) is 0.215. The molecule has 8 heteroatoms. The lowest BCUT2D eigenvalue weighted by Crippen LogP contribution is -2.34. The van der Waals surface area contributed by atoms with Gasteiger partial charge in [-0.05, 0) is 63.2 Å². The van der Waals surface area contributed by atoms with Crippen molar-refractivity contribution < 1.29 is 13.2 Å². The summed E-state index contributed by atoms with van der Waals surface area (Å²) >= 11 is 12.1. The summed E-state index contributed by atoms with van der Waals surface area (Å²) in [6.45, 7) is 0. The van der Waals surface area contributed by atoms with Crippen LogP contribution >= 0.6 is 23.2 Å². The van der Waals surface area contributed by atoms with Crippen LogP contribution in [0.5, 0.6) is 5.75 Å². The van der Waals surface area contributed by atoms with Gasteiger partial charge in [-0.1, -0.05) is 29.3 Å². The highest BCUT2D eigenvalue weighted by Crippen LogP contribution is 2.37. The first-order valence-corrected chi connectivity index (χ1v) is 10.8. The number of hydrogen-bond donors (Lipinski definition) is 1. The third-order valence-electron chi connectivity index (χ3n) is 4.96. The summed E-state index contributed by atoms with van der Waals surface area (Å²) in [6.07, 6.45) is 2.51. The Morgan fingerprint density at radius 1 is 1.15 bits per heavy atom. The van der Waals surface area contributed by atoms with E-state index in [1.165, 1.54) is 6.07 Å². The van der Waals surface area contributed by atoms with Crippen LogP contribution in [0.25, 0.3) is 0 Å². The van der Waals surface area contributed by atoms with Crippen molar-refractivity contribution in [1.29, 1.82) is 0 Å². The standard InChI is InChI=1S/C19H22Cl2N2O3S/c1-23(2)12-7-8-13-14(11-12)17(26-3)10-9-16(13)22-27(24,25)18-6-4-5-15(20)19(18)21/h4-6,9-10,12,22H,7-8,11H2,1-3H3/t12-/m0/s1. The number of fused-ring (bicyclic) bond motifs is 1. The van der Waals surface area contributed by atoms with Crippen LogP contribution in [0.15, 0.2) is 35.2 Å². The van der Waals surface area contributed by atoms with Crippen LogP contribution in [-0.2, 0) is 22.9 Å². The van der Waals surface area contributed by atoms with E-state index in [0.29, 0.717) is 11.7 Å². The van der Waals surface area contributed by atoms with E-state index in [1.807, 2.05) is 0 Å². The second-order valence-electron chi connectivity index (χ2n) is 6.79. The van der Waals surface area contributed by atoms with Gasteiger partial charge in [0.1, 0.15) is 10.6 Å². The first kappa shape index (κ1) is 20.3. The van der Waals surface area contributed by atoms with E-state index in [-0.39, 0.29) is 14.9 Å². The van der Waals surface area contributed by atoms with E-state index in [0.717, 1.165) is 36.1 Å². The van der Waals surface area contributed by atoms with Crippen LogP contribution in [0.1, 0.15) is 17.5 Å². The van der Waals surface area contributed by atoms with Crippen molar-refractivity contribution in [2.45, 2.75) is 30.2 Å². The maximum atomic E-state index is 12.9. The topological polar surface area (TPSA) is 58.6 Å². The third kappa shape index (κ3) is 4.04. The fourth-order valence-corrected chi connectivity index (χ4v) is 5.30. The fourth-order valence-electron chi connectivity index (χ4n) is 3.45. The lowest BCUT2D eigenvalue weighted by molar-refractivity contribution is 0.265. The fraction of sp³-hybridized carbons (Fsp3) is 0.368. The zero-order valence-corrected chi connectivity index (χ0v) is 17.7. The zero-order valence-electron chi connectivity index (χ0n) is 15.4. The highest BCUT2D eigenvalue weighted by Gasteiger charge is 2.27. The van der Waals surface area contributed by atoms with E-state index in [9.17, 15) is 8.42 Å². The molecule has 2 aromatic rings. The third-order valence-corrected chi connectivity index (χ3v) is 7.29. The first-order valence-electron chi connectivity index (χ1n) is 8.56. The Labute approximate surface area is 170 Å². The summed E-state index contributed by atoms with van der Waals surface area (Å²) in [5.41, 5.74) is 2.56. The minimum absolute atomic E-state index is 0.0155. The number of halogens is 2. The number of nitrogens with one attached hydrogen (secondary N) is 1. The molecular formula is C19H22Cl2N2O3S. The van der Waals surface area contributed by atoms with Crippen molar-refractivity contribution in [1.82, 2.24) is 4.90 Å². The van der Waals surface area contributed by atoms with Crippen molar-refractivity contribution in [3.05, 3.63) is 51.5 Å². The number of hydrogen-bond acceptors (Lipinski definition) is 4. The molecule has 1 N–H and O–H groups in total.